The van der Waals surface area contributed by atoms with Gasteiger partial charge < -0.3 is 15.2 Å². The first-order valence-corrected chi connectivity index (χ1v) is 8.64. The molecule has 2 aromatic rings. The van der Waals surface area contributed by atoms with E-state index in [1.165, 1.54) is 5.56 Å². The third-order valence-corrected chi connectivity index (χ3v) is 4.44. The summed E-state index contributed by atoms with van der Waals surface area (Å²) in [5, 5.41) is 12.6. The Morgan fingerprint density at radius 1 is 1.12 bits per heavy atom. The van der Waals surface area contributed by atoms with E-state index in [-0.39, 0.29) is 24.1 Å². The second-order valence-electron chi connectivity index (χ2n) is 6.23. The minimum absolute atomic E-state index is 0.0419. The SMILES string of the molecule is O=C(Cc1cccc(O)c1)NC[C@@H](c1ccccc1)N1CCOCC1. The lowest BCUT2D eigenvalue weighted by Gasteiger charge is -2.35. The Kier molecular flexibility index (Phi) is 6.04. The highest BCUT2D eigenvalue weighted by atomic mass is 16.5. The zero-order valence-electron chi connectivity index (χ0n) is 14.2. The maximum atomic E-state index is 12.3. The zero-order chi connectivity index (χ0) is 17.5. The van der Waals surface area contributed by atoms with Gasteiger partial charge in [-0.3, -0.25) is 9.69 Å². The van der Waals surface area contributed by atoms with E-state index >= 15 is 0 Å². The van der Waals surface area contributed by atoms with Crippen molar-refractivity contribution in [3.05, 3.63) is 65.7 Å². The molecule has 1 atom stereocenters. The Morgan fingerprint density at radius 3 is 2.60 bits per heavy atom. The average molecular weight is 340 g/mol. The van der Waals surface area contributed by atoms with E-state index < -0.39 is 0 Å². The Morgan fingerprint density at radius 2 is 1.88 bits per heavy atom. The number of nitrogens with zero attached hydrogens (tertiary/aromatic N) is 1. The van der Waals surface area contributed by atoms with Crippen LogP contribution in [0.5, 0.6) is 5.75 Å². The van der Waals surface area contributed by atoms with Gasteiger partial charge >= 0.3 is 0 Å². The first kappa shape index (κ1) is 17.5. The number of hydrogen-bond acceptors (Lipinski definition) is 4. The third-order valence-electron chi connectivity index (χ3n) is 4.44. The summed E-state index contributed by atoms with van der Waals surface area (Å²) in [4.78, 5) is 14.7. The number of benzene rings is 2. The molecule has 3 rings (SSSR count). The maximum Gasteiger partial charge on any atom is 0.224 e. The molecule has 5 nitrogen and oxygen atoms in total. The molecule has 25 heavy (non-hydrogen) atoms. The van der Waals surface area contributed by atoms with Crippen molar-refractivity contribution >= 4 is 5.91 Å². The van der Waals surface area contributed by atoms with Crippen LogP contribution in [0.3, 0.4) is 0 Å². The maximum absolute atomic E-state index is 12.3. The molecule has 132 valence electrons. The summed E-state index contributed by atoms with van der Waals surface area (Å²) in [5.74, 6) is 0.139. The number of carbonyl (C=O) groups excluding carboxylic acids is 1. The number of amides is 1. The summed E-state index contributed by atoms with van der Waals surface area (Å²) < 4.78 is 5.45. The number of aromatic hydroxyl groups is 1. The summed E-state index contributed by atoms with van der Waals surface area (Å²) in [6.07, 6.45) is 0.263. The van der Waals surface area contributed by atoms with Crippen LogP contribution in [0.25, 0.3) is 0 Å². The number of ether oxygens (including phenoxy) is 1. The fraction of sp³-hybridized carbons (Fsp3) is 0.350. The summed E-state index contributed by atoms with van der Waals surface area (Å²) in [6, 6.07) is 17.2. The van der Waals surface area contributed by atoms with Crippen molar-refractivity contribution in [3.8, 4) is 5.75 Å². The molecule has 0 bridgehead atoms. The van der Waals surface area contributed by atoms with Crippen molar-refractivity contribution < 1.29 is 14.6 Å². The van der Waals surface area contributed by atoms with E-state index in [0.717, 1.165) is 31.9 Å². The van der Waals surface area contributed by atoms with Crippen LogP contribution in [-0.4, -0.2) is 48.8 Å². The van der Waals surface area contributed by atoms with E-state index in [2.05, 4.69) is 22.3 Å². The molecule has 0 spiro atoms. The summed E-state index contributed by atoms with van der Waals surface area (Å²) >= 11 is 0. The topological polar surface area (TPSA) is 61.8 Å². The Hall–Kier alpha value is -2.37. The average Bonchev–Trinajstić information content (AvgIpc) is 2.64. The van der Waals surface area contributed by atoms with E-state index in [4.69, 9.17) is 4.74 Å². The van der Waals surface area contributed by atoms with Crippen LogP contribution < -0.4 is 5.32 Å². The molecular formula is C20H24N2O3. The van der Waals surface area contributed by atoms with E-state index in [0.29, 0.717) is 6.54 Å². The largest absolute Gasteiger partial charge is 0.508 e. The zero-order valence-corrected chi connectivity index (χ0v) is 14.2. The second kappa shape index (κ2) is 8.65. The van der Waals surface area contributed by atoms with Crippen molar-refractivity contribution in [3.63, 3.8) is 0 Å². The lowest BCUT2D eigenvalue weighted by atomic mass is 10.0. The fourth-order valence-electron chi connectivity index (χ4n) is 3.15. The fourth-order valence-corrected chi connectivity index (χ4v) is 3.15. The molecule has 1 amide bonds. The number of morpholine rings is 1. The standard InChI is InChI=1S/C20H24N2O3/c23-18-8-4-5-16(13-18)14-20(24)21-15-19(17-6-2-1-3-7-17)22-9-11-25-12-10-22/h1-8,13,19,23H,9-12,14-15H2,(H,21,24)/t19-/m0/s1. The number of phenols is 1. The molecule has 1 heterocycles. The van der Waals surface area contributed by atoms with Gasteiger partial charge in [0.2, 0.25) is 5.91 Å². The predicted octanol–water partition coefficient (Wildman–Crippen LogP) is 2.12. The van der Waals surface area contributed by atoms with Gasteiger partial charge in [-0.25, -0.2) is 0 Å². The van der Waals surface area contributed by atoms with Gasteiger partial charge in [-0.1, -0.05) is 42.5 Å². The van der Waals surface area contributed by atoms with Crippen LogP contribution in [0.4, 0.5) is 0 Å². The highest BCUT2D eigenvalue weighted by molar-refractivity contribution is 5.78. The number of carbonyl (C=O) groups is 1. The molecular weight excluding hydrogens is 316 g/mol. The van der Waals surface area contributed by atoms with Gasteiger partial charge in [0, 0.05) is 19.6 Å². The van der Waals surface area contributed by atoms with Gasteiger partial charge in [0.15, 0.2) is 0 Å². The first-order chi connectivity index (χ1) is 12.2. The van der Waals surface area contributed by atoms with Crippen LogP contribution in [0, 0.1) is 0 Å². The van der Waals surface area contributed by atoms with Gasteiger partial charge in [-0.05, 0) is 23.3 Å². The van der Waals surface area contributed by atoms with Crippen molar-refractivity contribution in [2.75, 3.05) is 32.8 Å². The normalized spacial score (nSPS) is 16.3. The van der Waals surface area contributed by atoms with Crippen molar-refractivity contribution in [1.29, 1.82) is 0 Å². The monoisotopic (exact) mass is 340 g/mol. The van der Waals surface area contributed by atoms with Crippen LogP contribution in [0.2, 0.25) is 0 Å². The molecule has 1 fully saturated rings. The third kappa shape index (κ3) is 5.05. The first-order valence-electron chi connectivity index (χ1n) is 8.64. The quantitative estimate of drug-likeness (QED) is 0.846. The van der Waals surface area contributed by atoms with Crippen molar-refractivity contribution in [2.24, 2.45) is 0 Å². The molecule has 0 radical (unpaired) electrons. The van der Waals surface area contributed by atoms with Crippen molar-refractivity contribution in [2.45, 2.75) is 12.5 Å². The summed E-state index contributed by atoms with van der Waals surface area (Å²) in [5.41, 5.74) is 2.00. The molecule has 0 aromatic heterocycles. The van der Waals surface area contributed by atoms with Crippen LogP contribution in [0.1, 0.15) is 17.2 Å². The van der Waals surface area contributed by atoms with Gasteiger partial charge in [0.25, 0.3) is 0 Å². The molecule has 1 aliphatic heterocycles. The van der Waals surface area contributed by atoms with E-state index in [9.17, 15) is 9.90 Å². The van der Waals surface area contributed by atoms with E-state index in [1.54, 1.807) is 18.2 Å². The molecule has 2 aromatic carbocycles. The molecule has 2 N–H and O–H groups in total. The van der Waals surface area contributed by atoms with Gasteiger partial charge in [-0.15, -0.1) is 0 Å². The Bertz CT molecular complexity index is 684. The van der Waals surface area contributed by atoms with Crippen molar-refractivity contribution in [1.82, 2.24) is 10.2 Å². The summed E-state index contributed by atoms with van der Waals surface area (Å²) in [6.45, 7) is 3.73. The minimum atomic E-state index is -0.0419. The van der Waals surface area contributed by atoms with Crippen LogP contribution in [0.15, 0.2) is 54.6 Å². The number of rotatable bonds is 6. The Labute approximate surface area is 148 Å². The molecule has 1 aliphatic rings. The van der Waals surface area contributed by atoms with Gasteiger partial charge in [0.05, 0.1) is 25.7 Å². The highest BCUT2D eigenvalue weighted by Crippen LogP contribution is 2.21. The lowest BCUT2D eigenvalue weighted by Crippen LogP contribution is -2.44. The smallest absolute Gasteiger partial charge is 0.224 e. The summed E-state index contributed by atoms with van der Waals surface area (Å²) in [7, 11) is 0. The molecule has 0 saturated carbocycles. The minimum Gasteiger partial charge on any atom is -0.508 e. The molecule has 5 heteroatoms. The second-order valence-corrected chi connectivity index (χ2v) is 6.23. The number of hydrogen-bond donors (Lipinski definition) is 2. The van der Waals surface area contributed by atoms with Gasteiger partial charge in [-0.2, -0.15) is 0 Å². The molecule has 0 unspecified atom stereocenters. The predicted molar refractivity (Wildman–Crippen MR) is 96.4 cm³/mol. The lowest BCUT2D eigenvalue weighted by molar-refractivity contribution is -0.120. The highest BCUT2D eigenvalue weighted by Gasteiger charge is 2.23. The molecule has 1 saturated heterocycles. The molecule has 0 aliphatic carbocycles. The van der Waals surface area contributed by atoms with Crippen LogP contribution in [-0.2, 0) is 16.0 Å². The van der Waals surface area contributed by atoms with E-state index in [1.807, 2.05) is 24.3 Å². The van der Waals surface area contributed by atoms with Gasteiger partial charge in [0.1, 0.15) is 5.75 Å². The Balaban J connectivity index is 1.62. The number of nitrogens with one attached hydrogen (secondary N) is 1. The van der Waals surface area contributed by atoms with Crippen LogP contribution >= 0.6 is 0 Å². The number of phenolic OH excluding ortho intramolecular Hbond substituents is 1.